The first kappa shape index (κ1) is 19.7. The van der Waals surface area contributed by atoms with Crippen molar-refractivity contribution in [2.75, 3.05) is 13.2 Å². The number of hydrogen-bond acceptors (Lipinski definition) is 6. The summed E-state index contributed by atoms with van der Waals surface area (Å²) in [6.07, 6.45) is 0.834. The van der Waals surface area contributed by atoms with Crippen LogP contribution in [0.4, 0.5) is 0 Å². The molecule has 0 aliphatic rings. The maximum absolute atomic E-state index is 12.1. The summed E-state index contributed by atoms with van der Waals surface area (Å²) in [5.74, 6) is 1.58. The molecule has 1 N–H and O–H groups in total. The van der Waals surface area contributed by atoms with E-state index in [2.05, 4.69) is 20.7 Å². The van der Waals surface area contributed by atoms with Crippen LogP contribution in [0, 0.1) is 0 Å². The molecule has 0 fully saturated rings. The van der Waals surface area contributed by atoms with E-state index in [9.17, 15) is 4.79 Å². The van der Waals surface area contributed by atoms with Crippen LogP contribution < -0.4 is 14.8 Å². The molecule has 0 aliphatic carbocycles. The Kier molecular flexibility index (Phi) is 6.54. The smallest absolute Gasteiger partial charge is 0.244 e. The van der Waals surface area contributed by atoms with Crippen LogP contribution in [-0.4, -0.2) is 44.9 Å². The molecule has 0 atom stereocenters. The van der Waals surface area contributed by atoms with E-state index < -0.39 is 0 Å². The summed E-state index contributed by atoms with van der Waals surface area (Å²) >= 11 is 0. The molecule has 2 rings (SSSR count). The molecular weight excluding hydrogens is 334 g/mol. The number of carbonyl (C=O) groups excluding carboxylic acids is 1. The quantitative estimate of drug-likeness (QED) is 0.738. The first-order valence-electron chi connectivity index (χ1n) is 8.87. The van der Waals surface area contributed by atoms with Gasteiger partial charge >= 0.3 is 0 Å². The second kappa shape index (κ2) is 8.64. The van der Waals surface area contributed by atoms with Gasteiger partial charge in [0.25, 0.3) is 0 Å². The van der Waals surface area contributed by atoms with Crippen LogP contribution in [0.5, 0.6) is 11.5 Å². The van der Waals surface area contributed by atoms with Crippen molar-refractivity contribution in [3.63, 3.8) is 0 Å². The van der Waals surface area contributed by atoms with E-state index in [1.807, 2.05) is 52.8 Å². The number of carbonyl (C=O) groups is 1. The Morgan fingerprint density at radius 3 is 2.50 bits per heavy atom. The second-order valence-electron chi connectivity index (χ2n) is 6.46. The monoisotopic (exact) mass is 361 g/mol. The molecule has 0 radical (unpaired) electrons. The minimum atomic E-state index is -0.262. The van der Waals surface area contributed by atoms with E-state index in [0.29, 0.717) is 30.5 Å². The van der Waals surface area contributed by atoms with Crippen LogP contribution in [0.1, 0.15) is 41.0 Å². The van der Waals surface area contributed by atoms with Crippen LogP contribution in [0.15, 0.2) is 18.2 Å². The molecule has 0 spiro atoms. The Hall–Kier alpha value is -2.64. The van der Waals surface area contributed by atoms with Crippen molar-refractivity contribution in [1.82, 2.24) is 25.5 Å². The maximum Gasteiger partial charge on any atom is 0.244 e. The molecule has 0 saturated carbocycles. The highest BCUT2D eigenvalue weighted by atomic mass is 16.5. The van der Waals surface area contributed by atoms with Crippen molar-refractivity contribution in [2.45, 2.75) is 53.1 Å². The van der Waals surface area contributed by atoms with Gasteiger partial charge in [0, 0.05) is 11.1 Å². The lowest BCUT2D eigenvalue weighted by Crippen LogP contribution is -2.44. The zero-order valence-electron chi connectivity index (χ0n) is 16.1. The van der Waals surface area contributed by atoms with Gasteiger partial charge < -0.3 is 14.8 Å². The van der Waals surface area contributed by atoms with Gasteiger partial charge in [-0.3, -0.25) is 4.79 Å². The Bertz CT molecular complexity index is 742. The molecule has 1 aromatic heterocycles. The minimum Gasteiger partial charge on any atom is -0.490 e. The lowest BCUT2D eigenvalue weighted by Gasteiger charge is -2.24. The number of hydrogen-bond donors (Lipinski definition) is 1. The Morgan fingerprint density at radius 2 is 1.85 bits per heavy atom. The van der Waals surface area contributed by atoms with E-state index in [4.69, 9.17) is 9.47 Å². The van der Waals surface area contributed by atoms with Gasteiger partial charge in [0.15, 0.2) is 11.5 Å². The normalized spacial score (nSPS) is 11.3. The third-order valence-electron chi connectivity index (χ3n) is 3.90. The number of nitrogens with zero attached hydrogens (tertiary/aromatic N) is 4. The predicted molar refractivity (Wildman–Crippen MR) is 98.1 cm³/mol. The molecule has 26 heavy (non-hydrogen) atoms. The summed E-state index contributed by atoms with van der Waals surface area (Å²) in [4.78, 5) is 13.4. The molecular formula is C18H27N5O3. The topological polar surface area (TPSA) is 91.2 Å². The van der Waals surface area contributed by atoms with Gasteiger partial charge in [-0.15, -0.1) is 10.2 Å². The molecule has 0 saturated heterocycles. The zero-order valence-corrected chi connectivity index (χ0v) is 16.1. The fourth-order valence-electron chi connectivity index (χ4n) is 2.25. The molecule has 2 aromatic rings. The number of ether oxygens (including phenoxy) is 2. The van der Waals surface area contributed by atoms with Gasteiger partial charge in [0.1, 0.15) is 6.54 Å². The van der Waals surface area contributed by atoms with Gasteiger partial charge in [-0.05, 0) is 57.5 Å². The predicted octanol–water partition coefficient (Wildman–Crippen LogP) is 2.44. The minimum absolute atomic E-state index is 0.0196. The summed E-state index contributed by atoms with van der Waals surface area (Å²) in [7, 11) is 0. The summed E-state index contributed by atoms with van der Waals surface area (Å²) in [5, 5.41) is 15.2. The molecule has 1 aromatic carbocycles. The summed E-state index contributed by atoms with van der Waals surface area (Å²) in [5.41, 5.74) is 0.486. The maximum atomic E-state index is 12.1. The highest BCUT2D eigenvalue weighted by Crippen LogP contribution is 2.31. The number of nitrogens with one attached hydrogen (secondary N) is 1. The lowest BCUT2D eigenvalue weighted by molar-refractivity contribution is -0.123. The van der Waals surface area contributed by atoms with E-state index in [0.717, 1.165) is 12.0 Å². The number of rotatable bonds is 9. The molecule has 0 unspecified atom stereocenters. The molecule has 8 heteroatoms. The van der Waals surface area contributed by atoms with Crippen molar-refractivity contribution in [3.8, 4) is 22.9 Å². The van der Waals surface area contributed by atoms with E-state index in [1.54, 1.807) is 0 Å². The first-order chi connectivity index (χ1) is 12.4. The van der Waals surface area contributed by atoms with Crippen LogP contribution in [0.3, 0.4) is 0 Å². The average Bonchev–Trinajstić information content (AvgIpc) is 3.04. The third-order valence-corrected chi connectivity index (χ3v) is 3.90. The molecule has 8 nitrogen and oxygen atoms in total. The van der Waals surface area contributed by atoms with Gasteiger partial charge in [-0.2, -0.15) is 4.80 Å². The lowest BCUT2D eigenvalue weighted by atomic mass is 10.0. The second-order valence-corrected chi connectivity index (χ2v) is 6.46. The highest BCUT2D eigenvalue weighted by molar-refractivity contribution is 5.76. The van der Waals surface area contributed by atoms with Gasteiger partial charge in [-0.1, -0.05) is 6.92 Å². The Labute approximate surface area is 153 Å². The summed E-state index contributed by atoms with van der Waals surface area (Å²) in [6.45, 7) is 10.9. The van der Waals surface area contributed by atoms with Crippen LogP contribution in [0.25, 0.3) is 11.4 Å². The van der Waals surface area contributed by atoms with Crippen molar-refractivity contribution in [2.24, 2.45) is 0 Å². The number of tetrazole rings is 1. The van der Waals surface area contributed by atoms with Crippen molar-refractivity contribution >= 4 is 5.91 Å². The Morgan fingerprint density at radius 1 is 1.15 bits per heavy atom. The largest absolute Gasteiger partial charge is 0.490 e. The molecule has 142 valence electrons. The molecule has 0 bridgehead atoms. The van der Waals surface area contributed by atoms with Gasteiger partial charge in [-0.25, -0.2) is 0 Å². The number of amides is 1. The Balaban J connectivity index is 2.13. The van der Waals surface area contributed by atoms with Crippen molar-refractivity contribution in [3.05, 3.63) is 18.2 Å². The first-order valence-corrected chi connectivity index (χ1v) is 8.87. The van der Waals surface area contributed by atoms with E-state index >= 15 is 0 Å². The molecule has 1 amide bonds. The van der Waals surface area contributed by atoms with Crippen LogP contribution in [0.2, 0.25) is 0 Å². The fourth-order valence-corrected chi connectivity index (χ4v) is 2.25. The van der Waals surface area contributed by atoms with Crippen LogP contribution >= 0.6 is 0 Å². The average molecular weight is 361 g/mol. The van der Waals surface area contributed by atoms with Crippen molar-refractivity contribution < 1.29 is 14.3 Å². The zero-order chi connectivity index (χ0) is 19.2. The fraction of sp³-hybridized carbons (Fsp3) is 0.556. The molecule has 0 aliphatic heterocycles. The van der Waals surface area contributed by atoms with E-state index in [1.165, 1.54) is 4.80 Å². The summed E-state index contributed by atoms with van der Waals surface area (Å²) < 4.78 is 11.2. The van der Waals surface area contributed by atoms with Crippen molar-refractivity contribution in [1.29, 1.82) is 0 Å². The third kappa shape index (κ3) is 5.18. The number of benzene rings is 1. The van der Waals surface area contributed by atoms with Gasteiger partial charge in [0.05, 0.1) is 13.2 Å². The standard InChI is InChI=1S/C18H27N5O3/c1-6-18(4,5)19-16(24)12-23-21-17(20-22-23)13-9-10-14(25-7-2)15(11-13)26-8-3/h9-11H,6-8,12H2,1-5H3,(H,19,24). The molecule has 1 heterocycles. The highest BCUT2D eigenvalue weighted by Gasteiger charge is 2.19. The van der Waals surface area contributed by atoms with E-state index in [-0.39, 0.29) is 18.0 Å². The number of aromatic nitrogens is 4. The van der Waals surface area contributed by atoms with Gasteiger partial charge in [0.2, 0.25) is 11.7 Å². The SMILES string of the molecule is CCOc1ccc(-c2nnn(CC(=O)NC(C)(C)CC)n2)cc1OCC. The van der Waals surface area contributed by atoms with Crippen LogP contribution in [-0.2, 0) is 11.3 Å². The summed E-state index contributed by atoms with van der Waals surface area (Å²) in [6, 6.07) is 5.48.